The van der Waals surface area contributed by atoms with Crippen LogP contribution in [0.2, 0.25) is 0 Å². The minimum atomic E-state index is 0.281. The Labute approximate surface area is 132 Å². The van der Waals surface area contributed by atoms with Gasteiger partial charge in [0.05, 0.1) is 6.10 Å². The molecule has 0 radical (unpaired) electrons. The second-order valence-electron chi connectivity index (χ2n) is 8.06. The molecule has 3 heteroatoms. The van der Waals surface area contributed by atoms with Gasteiger partial charge in [0.15, 0.2) is 0 Å². The molecular formula is C18H38N2O. The summed E-state index contributed by atoms with van der Waals surface area (Å²) in [6.07, 6.45) is 4.15. The SMILES string of the molecule is CC(C)COC1CC(NCCCCN(C)C(C)C)C1(C)C. The van der Waals surface area contributed by atoms with Gasteiger partial charge in [0.25, 0.3) is 0 Å². The first-order valence-electron chi connectivity index (χ1n) is 8.80. The number of hydrogen-bond donors (Lipinski definition) is 1. The number of hydrogen-bond acceptors (Lipinski definition) is 3. The molecule has 0 spiro atoms. The van der Waals surface area contributed by atoms with Gasteiger partial charge in [-0.3, -0.25) is 0 Å². The van der Waals surface area contributed by atoms with Crippen LogP contribution in [-0.2, 0) is 4.74 Å². The lowest BCUT2D eigenvalue weighted by molar-refractivity contribution is -0.123. The lowest BCUT2D eigenvalue weighted by Gasteiger charge is -2.52. The predicted octanol–water partition coefficient (Wildman–Crippen LogP) is 3.54. The Morgan fingerprint density at radius 2 is 1.86 bits per heavy atom. The van der Waals surface area contributed by atoms with E-state index in [1.54, 1.807) is 0 Å². The Morgan fingerprint density at radius 1 is 1.19 bits per heavy atom. The number of ether oxygens (including phenoxy) is 1. The molecule has 0 aromatic rings. The van der Waals surface area contributed by atoms with Crippen LogP contribution < -0.4 is 5.32 Å². The Morgan fingerprint density at radius 3 is 2.38 bits per heavy atom. The van der Waals surface area contributed by atoms with Crippen molar-refractivity contribution in [3.63, 3.8) is 0 Å². The maximum absolute atomic E-state index is 6.02. The zero-order valence-corrected chi connectivity index (χ0v) is 15.4. The third-order valence-electron chi connectivity index (χ3n) is 5.02. The monoisotopic (exact) mass is 298 g/mol. The van der Waals surface area contributed by atoms with Gasteiger partial charge in [0.2, 0.25) is 0 Å². The molecule has 1 rings (SSSR count). The maximum atomic E-state index is 6.02. The van der Waals surface area contributed by atoms with Crippen molar-refractivity contribution in [1.82, 2.24) is 10.2 Å². The summed E-state index contributed by atoms with van der Waals surface area (Å²) in [5.74, 6) is 0.630. The van der Waals surface area contributed by atoms with E-state index in [1.807, 2.05) is 0 Å². The Balaban J connectivity index is 2.12. The van der Waals surface area contributed by atoms with Gasteiger partial charge in [0, 0.05) is 24.1 Å². The largest absolute Gasteiger partial charge is 0.377 e. The molecule has 1 aliphatic carbocycles. The highest BCUT2D eigenvalue weighted by atomic mass is 16.5. The summed E-state index contributed by atoms with van der Waals surface area (Å²) in [7, 11) is 2.21. The van der Waals surface area contributed by atoms with Crippen LogP contribution in [-0.4, -0.2) is 49.8 Å². The lowest BCUT2D eigenvalue weighted by Crippen LogP contribution is -2.61. The Bertz CT molecular complexity index is 289. The second-order valence-corrected chi connectivity index (χ2v) is 8.06. The van der Waals surface area contributed by atoms with Crippen LogP contribution in [0.15, 0.2) is 0 Å². The summed E-state index contributed by atoms with van der Waals surface area (Å²) in [4.78, 5) is 2.42. The summed E-state index contributed by atoms with van der Waals surface area (Å²) < 4.78 is 6.02. The predicted molar refractivity (Wildman–Crippen MR) is 91.8 cm³/mol. The quantitative estimate of drug-likeness (QED) is 0.624. The average molecular weight is 299 g/mol. The van der Waals surface area contributed by atoms with E-state index in [0.29, 0.717) is 24.1 Å². The van der Waals surface area contributed by atoms with Crippen molar-refractivity contribution in [2.75, 3.05) is 26.7 Å². The molecule has 2 atom stereocenters. The maximum Gasteiger partial charge on any atom is 0.0656 e. The van der Waals surface area contributed by atoms with E-state index < -0.39 is 0 Å². The number of nitrogens with one attached hydrogen (secondary N) is 1. The molecule has 0 aliphatic heterocycles. The van der Waals surface area contributed by atoms with Crippen LogP contribution in [0.5, 0.6) is 0 Å². The Hall–Kier alpha value is -0.120. The highest BCUT2D eigenvalue weighted by Gasteiger charge is 2.48. The minimum absolute atomic E-state index is 0.281. The summed E-state index contributed by atoms with van der Waals surface area (Å²) in [6.45, 7) is 16.9. The van der Waals surface area contributed by atoms with E-state index in [-0.39, 0.29) is 5.41 Å². The van der Waals surface area contributed by atoms with Gasteiger partial charge < -0.3 is 15.0 Å². The van der Waals surface area contributed by atoms with E-state index >= 15 is 0 Å². The van der Waals surface area contributed by atoms with E-state index in [0.717, 1.165) is 13.2 Å². The highest BCUT2D eigenvalue weighted by molar-refractivity contribution is 5.02. The lowest BCUT2D eigenvalue weighted by atomic mass is 9.64. The van der Waals surface area contributed by atoms with Crippen LogP contribution in [0.4, 0.5) is 0 Å². The van der Waals surface area contributed by atoms with Gasteiger partial charge in [-0.2, -0.15) is 0 Å². The van der Waals surface area contributed by atoms with Crippen LogP contribution >= 0.6 is 0 Å². The van der Waals surface area contributed by atoms with Gasteiger partial charge >= 0.3 is 0 Å². The fourth-order valence-corrected chi connectivity index (χ4v) is 2.84. The fourth-order valence-electron chi connectivity index (χ4n) is 2.84. The zero-order valence-electron chi connectivity index (χ0n) is 15.4. The highest BCUT2D eigenvalue weighted by Crippen LogP contribution is 2.42. The fraction of sp³-hybridized carbons (Fsp3) is 1.00. The first-order valence-corrected chi connectivity index (χ1v) is 8.80. The summed E-state index contributed by atoms with van der Waals surface area (Å²) >= 11 is 0. The molecule has 1 N–H and O–H groups in total. The van der Waals surface area contributed by atoms with Crippen LogP contribution in [0.1, 0.15) is 60.8 Å². The molecule has 2 unspecified atom stereocenters. The van der Waals surface area contributed by atoms with Crippen molar-refractivity contribution in [3.8, 4) is 0 Å². The molecule has 0 amide bonds. The first-order chi connectivity index (χ1) is 9.75. The first kappa shape index (κ1) is 18.9. The molecule has 1 saturated carbocycles. The second kappa shape index (κ2) is 8.50. The summed E-state index contributed by atoms with van der Waals surface area (Å²) in [5.41, 5.74) is 0.281. The van der Waals surface area contributed by atoms with Crippen molar-refractivity contribution >= 4 is 0 Å². The molecule has 1 fully saturated rings. The van der Waals surface area contributed by atoms with E-state index in [1.165, 1.54) is 25.8 Å². The molecular weight excluding hydrogens is 260 g/mol. The van der Waals surface area contributed by atoms with Crippen molar-refractivity contribution in [3.05, 3.63) is 0 Å². The van der Waals surface area contributed by atoms with Gasteiger partial charge in [0.1, 0.15) is 0 Å². The normalized spacial score (nSPS) is 24.9. The third kappa shape index (κ3) is 5.88. The van der Waals surface area contributed by atoms with Gasteiger partial charge in [-0.05, 0) is 59.2 Å². The average Bonchev–Trinajstić information content (AvgIpc) is 2.39. The molecule has 3 nitrogen and oxygen atoms in total. The molecule has 0 bridgehead atoms. The number of unbranched alkanes of at least 4 members (excludes halogenated alkanes) is 1. The van der Waals surface area contributed by atoms with Gasteiger partial charge in [-0.1, -0.05) is 27.7 Å². The topological polar surface area (TPSA) is 24.5 Å². The zero-order chi connectivity index (χ0) is 16.0. The van der Waals surface area contributed by atoms with E-state index in [9.17, 15) is 0 Å². The van der Waals surface area contributed by atoms with Crippen molar-refractivity contribution < 1.29 is 4.74 Å². The molecule has 126 valence electrons. The van der Waals surface area contributed by atoms with Crippen LogP contribution in [0, 0.1) is 11.3 Å². The Kier molecular flexibility index (Phi) is 7.66. The third-order valence-corrected chi connectivity index (χ3v) is 5.02. The number of nitrogens with zero attached hydrogens (tertiary/aromatic N) is 1. The smallest absolute Gasteiger partial charge is 0.0656 e. The van der Waals surface area contributed by atoms with Crippen molar-refractivity contribution in [2.45, 2.75) is 79.0 Å². The molecule has 1 aliphatic rings. The molecule has 21 heavy (non-hydrogen) atoms. The summed E-state index contributed by atoms with van der Waals surface area (Å²) in [5, 5.41) is 3.73. The van der Waals surface area contributed by atoms with Gasteiger partial charge in [-0.25, -0.2) is 0 Å². The number of rotatable bonds is 10. The molecule has 0 aromatic carbocycles. The van der Waals surface area contributed by atoms with Crippen molar-refractivity contribution in [2.24, 2.45) is 11.3 Å². The molecule has 0 saturated heterocycles. The van der Waals surface area contributed by atoms with E-state index in [2.05, 4.69) is 58.8 Å². The minimum Gasteiger partial charge on any atom is -0.377 e. The summed E-state index contributed by atoms with van der Waals surface area (Å²) in [6, 6.07) is 1.28. The molecule has 0 aromatic heterocycles. The van der Waals surface area contributed by atoms with Gasteiger partial charge in [-0.15, -0.1) is 0 Å². The standard InChI is InChI=1S/C18H38N2O/c1-14(2)13-21-17-12-16(18(17,5)6)19-10-8-9-11-20(7)15(3)4/h14-17,19H,8-13H2,1-7H3. The van der Waals surface area contributed by atoms with Crippen LogP contribution in [0.25, 0.3) is 0 Å². The van der Waals surface area contributed by atoms with E-state index in [4.69, 9.17) is 4.74 Å². The molecule has 0 heterocycles. The van der Waals surface area contributed by atoms with Crippen LogP contribution in [0.3, 0.4) is 0 Å². The van der Waals surface area contributed by atoms with Crippen molar-refractivity contribution in [1.29, 1.82) is 0 Å².